The summed E-state index contributed by atoms with van der Waals surface area (Å²) in [5, 5.41) is 0. The van der Waals surface area contributed by atoms with Gasteiger partial charge >= 0.3 is 0 Å². The molecule has 0 radical (unpaired) electrons. The summed E-state index contributed by atoms with van der Waals surface area (Å²) in [6.07, 6.45) is 0. The van der Waals surface area contributed by atoms with Crippen molar-refractivity contribution in [2.75, 3.05) is 0 Å². The molecule has 0 saturated heterocycles. The van der Waals surface area contributed by atoms with Crippen molar-refractivity contribution in [3.05, 3.63) is 59.7 Å². The summed E-state index contributed by atoms with van der Waals surface area (Å²) in [7, 11) is 0. The molecule has 4 heteroatoms. The van der Waals surface area contributed by atoms with Crippen molar-refractivity contribution in [1.29, 1.82) is 0 Å². The van der Waals surface area contributed by atoms with E-state index in [1.807, 2.05) is 48.5 Å². The lowest BCUT2D eigenvalue weighted by Gasteiger charge is -2.03. The number of hydrogen-bond donors (Lipinski definition) is 0. The van der Waals surface area contributed by atoms with Crippen molar-refractivity contribution < 1.29 is 9.59 Å². The summed E-state index contributed by atoms with van der Waals surface area (Å²) < 4.78 is 0.0648. The molecule has 0 aliphatic heterocycles. The van der Waals surface area contributed by atoms with Crippen molar-refractivity contribution in [1.82, 2.24) is 0 Å². The minimum absolute atomic E-state index is 0.0324. The molecule has 0 heterocycles. The van der Waals surface area contributed by atoms with Crippen LogP contribution in [0.25, 0.3) is 11.1 Å². The summed E-state index contributed by atoms with van der Waals surface area (Å²) in [6, 6.07) is 14.9. The molecule has 90 valence electrons. The van der Waals surface area contributed by atoms with E-state index in [9.17, 15) is 9.59 Å². The molecule has 0 saturated carbocycles. The van der Waals surface area contributed by atoms with Crippen LogP contribution in [-0.4, -0.2) is 7.58 Å². The van der Waals surface area contributed by atoms with Gasteiger partial charge in [-0.25, -0.2) is 0 Å². The highest BCUT2D eigenvalue weighted by atomic mass is 127. The Hall–Kier alpha value is -0.760. The molecule has 0 aliphatic carbocycles. The van der Waals surface area contributed by atoms with Crippen LogP contribution in [0.5, 0.6) is 0 Å². The van der Waals surface area contributed by atoms with E-state index in [1.165, 1.54) is 0 Å². The highest BCUT2D eigenvalue weighted by molar-refractivity contribution is 14.1. The average molecular weight is 462 g/mol. The van der Waals surface area contributed by atoms with E-state index in [4.69, 9.17) is 0 Å². The van der Waals surface area contributed by atoms with Gasteiger partial charge in [-0.3, -0.25) is 9.59 Å². The Bertz CT molecular complexity index is 531. The van der Waals surface area contributed by atoms with Gasteiger partial charge in [0, 0.05) is 56.3 Å². The van der Waals surface area contributed by atoms with E-state index in [0.29, 0.717) is 11.1 Å². The van der Waals surface area contributed by atoms with Crippen molar-refractivity contribution >= 4 is 52.8 Å². The van der Waals surface area contributed by atoms with Crippen molar-refractivity contribution in [3.8, 4) is 11.1 Å². The standard InChI is InChI=1S/C14H8I2O2/c15-13(17)11-5-1-9(2-6-11)10-3-7-12(8-4-10)14(16)18/h1-8H. The summed E-state index contributed by atoms with van der Waals surface area (Å²) in [4.78, 5) is 22.3. The zero-order valence-electron chi connectivity index (χ0n) is 9.19. The van der Waals surface area contributed by atoms with Crippen molar-refractivity contribution in [2.24, 2.45) is 0 Å². The highest BCUT2D eigenvalue weighted by Crippen LogP contribution is 2.21. The molecule has 2 rings (SSSR count). The molecule has 0 bridgehead atoms. The summed E-state index contributed by atoms with van der Waals surface area (Å²) >= 11 is 3.54. The Labute approximate surface area is 132 Å². The molecule has 0 aromatic heterocycles. The normalized spacial score (nSPS) is 10.1. The maximum atomic E-state index is 11.2. The zero-order valence-corrected chi connectivity index (χ0v) is 13.5. The predicted octanol–water partition coefficient (Wildman–Crippen LogP) is 4.50. The minimum atomic E-state index is 0.0324. The molecule has 0 aliphatic rings. The van der Waals surface area contributed by atoms with Gasteiger partial charge in [-0.1, -0.05) is 24.3 Å². The van der Waals surface area contributed by atoms with Crippen LogP contribution >= 0.6 is 45.2 Å². The van der Waals surface area contributed by atoms with E-state index in [-0.39, 0.29) is 7.58 Å². The number of benzene rings is 2. The minimum Gasteiger partial charge on any atom is -0.282 e. The number of carbonyl (C=O) groups is 2. The number of rotatable bonds is 3. The molecular weight excluding hydrogens is 454 g/mol. The fraction of sp³-hybridized carbons (Fsp3) is 0. The molecule has 0 N–H and O–H groups in total. The lowest BCUT2D eigenvalue weighted by Crippen LogP contribution is -1.89. The van der Waals surface area contributed by atoms with Gasteiger partial charge in [0.05, 0.1) is 0 Å². The summed E-state index contributed by atoms with van der Waals surface area (Å²) in [5.41, 5.74) is 3.45. The second-order valence-corrected chi connectivity index (χ2v) is 5.66. The second-order valence-electron chi connectivity index (χ2n) is 3.70. The predicted molar refractivity (Wildman–Crippen MR) is 88.6 cm³/mol. The first kappa shape index (κ1) is 13.7. The van der Waals surface area contributed by atoms with Crippen LogP contribution < -0.4 is 0 Å². The first-order valence-corrected chi connectivity index (χ1v) is 7.34. The van der Waals surface area contributed by atoms with E-state index >= 15 is 0 Å². The van der Waals surface area contributed by atoms with Crippen LogP contribution in [0, 0.1) is 0 Å². The molecule has 0 fully saturated rings. The van der Waals surface area contributed by atoms with Crippen molar-refractivity contribution in [3.63, 3.8) is 0 Å². The molecule has 2 nitrogen and oxygen atoms in total. The van der Waals surface area contributed by atoms with Crippen LogP contribution in [0.3, 0.4) is 0 Å². The smallest absolute Gasteiger partial charge is 0.222 e. The molecule has 18 heavy (non-hydrogen) atoms. The van der Waals surface area contributed by atoms with Crippen molar-refractivity contribution in [2.45, 2.75) is 0 Å². The number of carbonyl (C=O) groups excluding carboxylic acids is 2. The Kier molecular flexibility index (Phi) is 4.50. The summed E-state index contributed by atoms with van der Waals surface area (Å²) in [6.45, 7) is 0. The van der Waals surface area contributed by atoms with Gasteiger partial charge in [0.25, 0.3) is 0 Å². The highest BCUT2D eigenvalue weighted by Gasteiger charge is 2.04. The average Bonchev–Trinajstić information content (AvgIpc) is 2.39. The molecule has 2 aromatic rings. The van der Waals surface area contributed by atoms with Crippen LogP contribution in [0.4, 0.5) is 0 Å². The topological polar surface area (TPSA) is 34.1 Å². The van der Waals surface area contributed by atoms with Crippen LogP contribution in [0.2, 0.25) is 0 Å². The Morgan fingerprint density at radius 1 is 0.611 bits per heavy atom. The van der Waals surface area contributed by atoms with Crippen LogP contribution in [-0.2, 0) is 0 Å². The Morgan fingerprint density at radius 3 is 1.11 bits per heavy atom. The molecule has 0 amide bonds. The lowest BCUT2D eigenvalue weighted by molar-refractivity contribution is 0.109. The van der Waals surface area contributed by atoms with Gasteiger partial charge in [-0.15, -0.1) is 0 Å². The van der Waals surface area contributed by atoms with E-state index < -0.39 is 0 Å². The zero-order chi connectivity index (χ0) is 13.1. The monoisotopic (exact) mass is 462 g/mol. The largest absolute Gasteiger partial charge is 0.282 e. The van der Waals surface area contributed by atoms with Crippen LogP contribution in [0.15, 0.2) is 48.5 Å². The third kappa shape index (κ3) is 3.17. The van der Waals surface area contributed by atoms with Gasteiger partial charge in [0.1, 0.15) is 0 Å². The fourth-order valence-electron chi connectivity index (χ4n) is 1.59. The van der Waals surface area contributed by atoms with E-state index in [1.54, 1.807) is 45.2 Å². The quantitative estimate of drug-likeness (QED) is 0.498. The van der Waals surface area contributed by atoms with Gasteiger partial charge in [-0.05, 0) is 35.4 Å². The molecule has 2 aromatic carbocycles. The van der Waals surface area contributed by atoms with Crippen LogP contribution in [0.1, 0.15) is 20.7 Å². The van der Waals surface area contributed by atoms with Gasteiger partial charge < -0.3 is 0 Å². The maximum absolute atomic E-state index is 11.2. The lowest BCUT2D eigenvalue weighted by atomic mass is 10.0. The van der Waals surface area contributed by atoms with Gasteiger partial charge in [0.15, 0.2) is 0 Å². The first-order chi connectivity index (χ1) is 8.58. The van der Waals surface area contributed by atoms with Gasteiger partial charge in [0.2, 0.25) is 7.58 Å². The molecule has 0 spiro atoms. The van der Waals surface area contributed by atoms with E-state index in [0.717, 1.165) is 11.1 Å². The third-order valence-electron chi connectivity index (χ3n) is 2.56. The fourth-order valence-corrected chi connectivity index (χ4v) is 2.31. The molecular formula is C14H8I2O2. The SMILES string of the molecule is O=C(I)c1ccc(-c2ccc(C(=O)I)cc2)cc1. The summed E-state index contributed by atoms with van der Waals surface area (Å²) in [5.74, 6) is 0. The second kappa shape index (κ2) is 5.92. The third-order valence-corrected chi connectivity index (χ3v) is 3.80. The Morgan fingerprint density at radius 2 is 0.889 bits per heavy atom. The Balaban J connectivity index is 2.31. The molecule has 0 unspecified atom stereocenters. The first-order valence-electron chi connectivity index (χ1n) is 5.18. The van der Waals surface area contributed by atoms with Gasteiger partial charge in [-0.2, -0.15) is 0 Å². The number of halogens is 2. The van der Waals surface area contributed by atoms with E-state index in [2.05, 4.69) is 0 Å². The maximum Gasteiger partial charge on any atom is 0.222 e. The number of hydrogen-bond acceptors (Lipinski definition) is 2. The molecule has 0 atom stereocenters.